The number of hydrazine groups is 1. The summed E-state index contributed by atoms with van der Waals surface area (Å²) in [6.07, 6.45) is 1.67. The van der Waals surface area contributed by atoms with Crippen LogP contribution in [0.4, 0.5) is 0 Å². The molecule has 29 heavy (non-hydrogen) atoms. The molecule has 2 amide bonds. The van der Waals surface area contributed by atoms with Crippen LogP contribution in [-0.2, 0) is 14.8 Å². The fourth-order valence-electron chi connectivity index (χ4n) is 2.36. The van der Waals surface area contributed by atoms with E-state index < -0.39 is 21.8 Å². The predicted molar refractivity (Wildman–Crippen MR) is 107 cm³/mol. The molecule has 0 saturated heterocycles. The predicted octanol–water partition coefficient (Wildman–Crippen LogP) is 1.93. The van der Waals surface area contributed by atoms with Crippen LogP contribution in [0.25, 0.3) is 0 Å². The van der Waals surface area contributed by atoms with Crippen molar-refractivity contribution in [2.75, 3.05) is 6.61 Å². The lowest BCUT2D eigenvalue weighted by Crippen LogP contribution is -2.43. The number of amides is 2. The molecule has 0 atom stereocenters. The van der Waals surface area contributed by atoms with Crippen LogP contribution < -0.4 is 20.3 Å². The van der Waals surface area contributed by atoms with E-state index in [0.717, 1.165) is 18.4 Å². The van der Waals surface area contributed by atoms with E-state index in [0.29, 0.717) is 10.8 Å². The van der Waals surface area contributed by atoms with Crippen LogP contribution in [0.3, 0.4) is 0 Å². The molecule has 1 aliphatic rings. The van der Waals surface area contributed by atoms with Gasteiger partial charge >= 0.3 is 0 Å². The summed E-state index contributed by atoms with van der Waals surface area (Å²) < 4.78 is 32.1. The average molecular weight is 438 g/mol. The number of halogens is 1. The zero-order chi connectivity index (χ0) is 21.0. The van der Waals surface area contributed by atoms with Gasteiger partial charge in [0.25, 0.3) is 11.8 Å². The van der Waals surface area contributed by atoms with Gasteiger partial charge in [0.2, 0.25) is 10.0 Å². The first kappa shape index (κ1) is 21.1. The molecule has 0 aromatic heterocycles. The Morgan fingerprint density at radius 2 is 1.79 bits per heavy atom. The molecule has 0 bridgehead atoms. The van der Waals surface area contributed by atoms with Gasteiger partial charge in [-0.15, -0.1) is 0 Å². The largest absolute Gasteiger partial charge is 0.484 e. The van der Waals surface area contributed by atoms with E-state index in [1.807, 2.05) is 6.92 Å². The molecule has 2 aromatic rings. The van der Waals surface area contributed by atoms with Gasteiger partial charge in [0.15, 0.2) is 6.61 Å². The van der Waals surface area contributed by atoms with Crippen molar-refractivity contribution >= 4 is 33.4 Å². The molecule has 0 heterocycles. The van der Waals surface area contributed by atoms with Gasteiger partial charge in [0.05, 0.1) is 4.90 Å². The zero-order valence-corrected chi connectivity index (χ0v) is 17.1. The smallest absolute Gasteiger partial charge is 0.276 e. The van der Waals surface area contributed by atoms with Crippen LogP contribution in [0.15, 0.2) is 47.4 Å². The minimum Gasteiger partial charge on any atom is -0.484 e. The van der Waals surface area contributed by atoms with E-state index in [1.165, 1.54) is 24.3 Å². The molecule has 0 radical (unpaired) electrons. The highest BCUT2D eigenvalue weighted by atomic mass is 35.5. The van der Waals surface area contributed by atoms with Crippen molar-refractivity contribution in [3.05, 3.63) is 58.6 Å². The number of rotatable bonds is 7. The number of hydrogen-bond acceptors (Lipinski definition) is 5. The summed E-state index contributed by atoms with van der Waals surface area (Å²) in [6, 6.07) is 10.4. The average Bonchev–Trinajstić information content (AvgIpc) is 3.50. The molecule has 3 rings (SSSR count). The quantitative estimate of drug-likeness (QED) is 0.573. The summed E-state index contributed by atoms with van der Waals surface area (Å²) in [5, 5.41) is 0.594. The molecule has 8 nitrogen and oxygen atoms in total. The summed E-state index contributed by atoms with van der Waals surface area (Å²) in [6.45, 7) is 1.51. The summed E-state index contributed by atoms with van der Waals surface area (Å²) in [5.41, 5.74) is 5.50. The first-order chi connectivity index (χ1) is 13.7. The van der Waals surface area contributed by atoms with Gasteiger partial charge in [-0.2, -0.15) is 0 Å². The number of carbonyl (C=O) groups is 2. The number of aryl methyl sites for hydroxylation is 1. The van der Waals surface area contributed by atoms with E-state index in [-0.39, 0.29) is 23.1 Å². The molecule has 1 fully saturated rings. The summed E-state index contributed by atoms with van der Waals surface area (Å²) in [4.78, 5) is 24.0. The van der Waals surface area contributed by atoms with Crippen LogP contribution in [0.5, 0.6) is 5.75 Å². The van der Waals surface area contributed by atoms with E-state index in [4.69, 9.17) is 16.3 Å². The van der Waals surface area contributed by atoms with Gasteiger partial charge in [-0.1, -0.05) is 11.6 Å². The third-order valence-corrected chi connectivity index (χ3v) is 6.10. The molecule has 1 aliphatic carbocycles. The first-order valence-electron chi connectivity index (χ1n) is 8.85. The van der Waals surface area contributed by atoms with E-state index in [1.54, 1.807) is 18.2 Å². The van der Waals surface area contributed by atoms with Crippen molar-refractivity contribution < 1.29 is 22.7 Å². The number of carbonyl (C=O) groups excluding carboxylic acids is 2. The molecule has 0 aliphatic heterocycles. The highest BCUT2D eigenvalue weighted by Crippen LogP contribution is 2.22. The number of nitrogens with one attached hydrogen (secondary N) is 3. The minimum absolute atomic E-state index is 0.00260. The van der Waals surface area contributed by atoms with Crippen molar-refractivity contribution in [1.29, 1.82) is 0 Å². The summed E-state index contributed by atoms with van der Waals surface area (Å²) in [7, 11) is -3.58. The molecule has 154 valence electrons. The van der Waals surface area contributed by atoms with Crippen molar-refractivity contribution in [2.45, 2.75) is 30.7 Å². The normalized spacial score (nSPS) is 13.6. The maximum atomic E-state index is 12.1. The molecular weight excluding hydrogens is 418 g/mol. The molecule has 10 heteroatoms. The number of ether oxygens (including phenoxy) is 1. The SMILES string of the molecule is Cc1cc(OCC(=O)NNC(=O)c2ccc(S(=O)(=O)NC3CC3)cc2)ccc1Cl. The maximum Gasteiger partial charge on any atom is 0.276 e. The number of sulfonamides is 1. The highest BCUT2D eigenvalue weighted by molar-refractivity contribution is 7.89. The van der Waals surface area contributed by atoms with E-state index in [9.17, 15) is 18.0 Å². The van der Waals surface area contributed by atoms with Crippen molar-refractivity contribution in [1.82, 2.24) is 15.6 Å². The summed E-state index contributed by atoms with van der Waals surface area (Å²) >= 11 is 5.93. The van der Waals surface area contributed by atoms with Gasteiger partial charge in [-0.25, -0.2) is 13.1 Å². The Bertz CT molecular complexity index is 1020. The Labute approximate surface area is 173 Å². The Morgan fingerprint density at radius 1 is 1.10 bits per heavy atom. The van der Waals surface area contributed by atoms with Gasteiger partial charge < -0.3 is 4.74 Å². The van der Waals surface area contributed by atoms with Crippen LogP contribution in [0.1, 0.15) is 28.8 Å². The molecular formula is C19H20ClN3O5S. The van der Waals surface area contributed by atoms with Gasteiger partial charge in [-0.3, -0.25) is 20.4 Å². The second kappa shape index (κ2) is 8.81. The van der Waals surface area contributed by atoms with Gasteiger partial charge in [0, 0.05) is 16.6 Å². The zero-order valence-electron chi connectivity index (χ0n) is 15.6. The van der Waals surface area contributed by atoms with Crippen molar-refractivity contribution in [3.63, 3.8) is 0 Å². The highest BCUT2D eigenvalue weighted by Gasteiger charge is 2.27. The molecule has 0 unspecified atom stereocenters. The molecule has 2 aromatic carbocycles. The Balaban J connectivity index is 1.48. The lowest BCUT2D eigenvalue weighted by Gasteiger charge is -2.10. The van der Waals surface area contributed by atoms with Gasteiger partial charge in [0.1, 0.15) is 5.75 Å². The van der Waals surface area contributed by atoms with Crippen LogP contribution in [-0.4, -0.2) is 32.9 Å². The fourth-order valence-corrected chi connectivity index (χ4v) is 3.79. The number of hydrogen-bond donors (Lipinski definition) is 3. The lowest BCUT2D eigenvalue weighted by molar-refractivity contribution is -0.123. The Kier molecular flexibility index (Phi) is 6.41. The third kappa shape index (κ3) is 5.93. The van der Waals surface area contributed by atoms with E-state index in [2.05, 4.69) is 15.6 Å². The Hall–Kier alpha value is -2.62. The Morgan fingerprint density at radius 3 is 2.41 bits per heavy atom. The lowest BCUT2D eigenvalue weighted by atomic mass is 10.2. The van der Waals surface area contributed by atoms with E-state index >= 15 is 0 Å². The monoisotopic (exact) mass is 437 g/mol. The van der Waals surface area contributed by atoms with Crippen LogP contribution in [0.2, 0.25) is 5.02 Å². The molecule has 0 spiro atoms. The van der Waals surface area contributed by atoms with Gasteiger partial charge in [-0.05, 0) is 67.8 Å². The van der Waals surface area contributed by atoms with Crippen molar-refractivity contribution in [2.24, 2.45) is 0 Å². The van der Waals surface area contributed by atoms with Crippen molar-refractivity contribution in [3.8, 4) is 5.75 Å². The standard InChI is InChI=1S/C19H20ClN3O5S/c1-12-10-15(6-9-17(12)20)28-11-18(24)21-22-19(25)13-2-7-16(8-3-13)29(26,27)23-14-4-5-14/h2-3,6-10,14,23H,4-5,11H2,1H3,(H,21,24)(H,22,25). The molecule has 1 saturated carbocycles. The minimum atomic E-state index is -3.58. The summed E-state index contributed by atoms with van der Waals surface area (Å²) in [5.74, 6) is -0.663. The topological polar surface area (TPSA) is 114 Å². The maximum absolute atomic E-state index is 12.1. The first-order valence-corrected chi connectivity index (χ1v) is 10.7. The third-order valence-electron chi connectivity index (χ3n) is 4.14. The van der Waals surface area contributed by atoms with Crippen LogP contribution in [0, 0.1) is 6.92 Å². The second-order valence-electron chi connectivity index (χ2n) is 6.62. The second-order valence-corrected chi connectivity index (χ2v) is 8.74. The number of benzene rings is 2. The fraction of sp³-hybridized carbons (Fsp3) is 0.263. The molecule has 3 N–H and O–H groups in total. The van der Waals surface area contributed by atoms with Crippen LogP contribution >= 0.6 is 11.6 Å².